The van der Waals surface area contributed by atoms with Gasteiger partial charge in [0, 0.05) is 13.0 Å². The topological polar surface area (TPSA) is 45.5 Å². The molecular formula is C17H28N2O2. The van der Waals surface area contributed by atoms with Crippen molar-refractivity contribution in [1.29, 1.82) is 0 Å². The van der Waals surface area contributed by atoms with Crippen molar-refractivity contribution in [3.63, 3.8) is 0 Å². The van der Waals surface area contributed by atoms with Crippen LogP contribution in [-0.2, 0) is 4.79 Å². The number of rotatable bonds is 7. The zero-order valence-electron chi connectivity index (χ0n) is 13.3. The summed E-state index contributed by atoms with van der Waals surface area (Å²) in [4.78, 5) is 14.4. The maximum absolute atomic E-state index is 11.9. The Kier molecular flexibility index (Phi) is 6.30. The molecule has 0 aliphatic carbocycles. The molecule has 1 amide bonds. The number of likely N-dealkylation sites (tertiary alicyclic amines) is 1. The van der Waals surface area contributed by atoms with Crippen LogP contribution in [0, 0.1) is 5.92 Å². The van der Waals surface area contributed by atoms with Gasteiger partial charge < -0.3 is 9.73 Å². The molecule has 0 radical (unpaired) electrons. The van der Waals surface area contributed by atoms with Gasteiger partial charge >= 0.3 is 0 Å². The van der Waals surface area contributed by atoms with E-state index in [2.05, 4.69) is 24.1 Å². The van der Waals surface area contributed by atoms with Crippen LogP contribution in [-0.4, -0.2) is 30.4 Å². The van der Waals surface area contributed by atoms with E-state index >= 15 is 0 Å². The molecular weight excluding hydrogens is 264 g/mol. The smallest absolute Gasteiger partial charge is 0.220 e. The predicted octanol–water partition coefficient (Wildman–Crippen LogP) is 3.36. The number of piperidine rings is 1. The minimum Gasteiger partial charge on any atom is -0.468 e. The fourth-order valence-electron chi connectivity index (χ4n) is 2.84. The number of furan rings is 1. The predicted molar refractivity (Wildman–Crippen MR) is 84.0 cm³/mol. The van der Waals surface area contributed by atoms with Gasteiger partial charge in [-0.05, 0) is 50.4 Å². The van der Waals surface area contributed by atoms with E-state index in [1.807, 2.05) is 12.1 Å². The van der Waals surface area contributed by atoms with E-state index in [0.29, 0.717) is 18.9 Å². The molecule has 1 fully saturated rings. The van der Waals surface area contributed by atoms with E-state index in [0.717, 1.165) is 25.3 Å². The van der Waals surface area contributed by atoms with Gasteiger partial charge in [0.2, 0.25) is 5.91 Å². The first kappa shape index (κ1) is 16.1. The lowest BCUT2D eigenvalue weighted by Crippen LogP contribution is -2.40. The second kappa shape index (κ2) is 8.23. The van der Waals surface area contributed by atoms with Gasteiger partial charge in [0.1, 0.15) is 5.76 Å². The summed E-state index contributed by atoms with van der Waals surface area (Å²) in [5, 5.41) is 3.08. The molecule has 1 aliphatic rings. The third kappa shape index (κ3) is 5.20. The summed E-state index contributed by atoms with van der Waals surface area (Å²) in [6.45, 7) is 7.12. The Bertz CT molecular complexity index is 408. The summed E-state index contributed by atoms with van der Waals surface area (Å²) in [5.41, 5.74) is 0. The normalized spacial score (nSPS) is 17.9. The summed E-state index contributed by atoms with van der Waals surface area (Å²) in [6, 6.07) is 4.11. The molecule has 21 heavy (non-hydrogen) atoms. The van der Waals surface area contributed by atoms with E-state index in [1.54, 1.807) is 6.26 Å². The van der Waals surface area contributed by atoms with Crippen molar-refractivity contribution in [2.24, 2.45) is 5.92 Å². The van der Waals surface area contributed by atoms with Crippen LogP contribution in [0.3, 0.4) is 0 Å². The van der Waals surface area contributed by atoms with Crippen molar-refractivity contribution in [2.75, 3.05) is 19.6 Å². The molecule has 118 valence electrons. The molecule has 0 aromatic carbocycles. The van der Waals surface area contributed by atoms with Crippen molar-refractivity contribution in [3.8, 4) is 0 Å². The third-order valence-electron chi connectivity index (χ3n) is 4.14. The standard InChI is InChI=1S/C17H28N2O2/c1-14(2)8-9-17(20)18-13-15(16-7-6-12-21-16)19-10-4-3-5-11-19/h6-7,12,14-15H,3-5,8-11,13H2,1-2H3,(H,18,20). The Labute approximate surface area is 127 Å². The van der Waals surface area contributed by atoms with E-state index < -0.39 is 0 Å². The zero-order chi connectivity index (χ0) is 15.1. The third-order valence-corrected chi connectivity index (χ3v) is 4.14. The zero-order valence-corrected chi connectivity index (χ0v) is 13.3. The summed E-state index contributed by atoms with van der Waals surface area (Å²) >= 11 is 0. The molecule has 1 aliphatic heterocycles. The van der Waals surface area contributed by atoms with Crippen LogP contribution in [0.4, 0.5) is 0 Å². The first-order chi connectivity index (χ1) is 10.2. The number of nitrogens with zero attached hydrogens (tertiary/aromatic N) is 1. The maximum atomic E-state index is 11.9. The van der Waals surface area contributed by atoms with Gasteiger partial charge in [0.15, 0.2) is 0 Å². The van der Waals surface area contributed by atoms with Crippen molar-refractivity contribution < 1.29 is 9.21 Å². The number of carbonyl (C=O) groups excluding carboxylic acids is 1. The SMILES string of the molecule is CC(C)CCC(=O)NCC(c1ccco1)N1CCCCC1. The van der Waals surface area contributed by atoms with Crippen molar-refractivity contribution in [2.45, 2.75) is 52.0 Å². The maximum Gasteiger partial charge on any atom is 0.220 e. The Hall–Kier alpha value is -1.29. The van der Waals surface area contributed by atoms with Crippen LogP contribution in [0.5, 0.6) is 0 Å². The fourth-order valence-corrected chi connectivity index (χ4v) is 2.84. The number of hydrogen-bond donors (Lipinski definition) is 1. The van der Waals surface area contributed by atoms with E-state index in [4.69, 9.17) is 4.42 Å². The molecule has 1 atom stereocenters. The minimum absolute atomic E-state index is 0.150. The lowest BCUT2D eigenvalue weighted by Gasteiger charge is -2.33. The molecule has 1 N–H and O–H groups in total. The number of nitrogens with one attached hydrogen (secondary N) is 1. The molecule has 4 heteroatoms. The minimum atomic E-state index is 0.150. The van der Waals surface area contributed by atoms with Crippen molar-refractivity contribution >= 4 is 5.91 Å². The van der Waals surface area contributed by atoms with Crippen LogP contribution < -0.4 is 5.32 Å². The van der Waals surface area contributed by atoms with E-state index in [-0.39, 0.29) is 11.9 Å². The van der Waals surface area contributed by atoms with Crippen molar-refractivity contribution in [1.82, 2.24) is 10.2 Å². The Morgan fingerprint density at radius 2 is 2.10 bits per heavy atom. The first-order valence-corrected chi connectivity index (χ1v) is 8.21. The lowest BCUT2D eigenvalue weighted by atomic mass is 10.1. The van der Waals surface area contributed by atoms with E-state index in [9.17, 15) is 4.79 Å². The van der Waals surface area contributed by atoms with Crippen LogP contribution in [0.2, 0.25) is 0 Å². The Morgan fingerprint density at radius 3 is 2.71 bits per heavy atom. The summed E-state index contributed by atoms with van der Waals surface area (Å²) in [7, 11) is 0. The molecule has 2 rings (SSSR count). The van der Waals surface area contributed by atoms with Crippen LogP contribution in [0.25, 0.3) is 0 Å². The highest BCUT2D eigenvalue weighted by Crippen LogP contribution is 2.24. The monoisotopic (exact) mass is 292 g/mol. The number of hydrogen-bond acceptors (Lipinski definition) is 3. The van der Waals surface area contributed by atoms with Gasteiger partial charge in [-0.15, -0.1) is 0 Å². The van der Waals surface area contributed by atoms with Gasteiger partial charge in [0.25, 0.3) is 0 Å². The lowest BCUT2D eigenvalue weighted by molar-refractivity contribution is -0.121. The molecule has 1 aromatic heterocycles. The highest BCUT2D eigenvalue weighted by atomic mass is 16.3. The Morgan fingerprint density at radius 1 is 1.33 bits per heavy atom. The van der Waals surface area contributed by atoms with Gasteiger partial charge in [-0.1, -0.05) is 20.3 Å². The quantitative estimate of drug-likeness (QED) is 0.838. The average Bonchev–Trinajstić information content (AvgIpc) is 3.00. The number of amides is 1. The number of carbonyl (C=O) groups is 1. The molecule has 4 nitrogen and oxygen atoms in total. The molecule has 0 bridgehead atoms. The van der Waals surface area contributed by atoms with Gasteiger partial charge in [0.05, 0.1) is 12.3 Å². The molecule has 2 heterocycles. The summed E-state index contributed by atoms with van der Waals surface area (Å²) < 4.78 is 5.59. The second-order valence-corrected chi connectivity index (χ2v) is 6.36. The van der Waals surface area contributed by atoms with Crippen molar-refractivity contribution in [3.05, 3.63) is 24.2 Å². The molecule has 0 saturated carbocycles. The van der Waals surface area contributed by atoms with Crippen LogP contribution >= 0.6 is 0 Å². The second-order valence-electron chi connectivity index (χ2n) is 6.36. The summed E-state index contributed by atoms with van der Waals surface area (Å²) in [6.07, 6.45) is 7.05. The average molecular weight is 292 g/mol. The first-order valence-electron chi connectivity index (χ1n) is 8.21. The summed E-state index contributed by atoms with van der Waals surface area (Å²) in [5.74, 6) is 1.68. The highest BCUT2D eigenvalue weighted by Gasteiger charge is 2.24. The largest absolute Gasteiger partial charge is 0.468 e. The molecule has 1 aromatic rings. The van der Waals surface area contributed by atoms with Crippen LogP contribution in [0.1, 0.15) is 57.8 Å². The van der Waals surface area contributed by atoms with E-state index in [1.165, 1.54) is 19.3 Å². The molecule has 1 saturated heterocycles. The molecule has 1 unspecified atom stereocenters. The van der Waals surface area contributed by atoms with Gasteiger partial charge in [-0.25, -0.2) is 0 Å². The van der Waals surface area contributed by atoms with Gasteiger partial charge in [-0.3, -0.25) is 9.69 Å². The fraction of sp³-hybridized carbons (Fsp3) is 0.706. The Balaban J connectivity index is 1.88. The molecule has 0 spiro atoms. The highest BCUT2D eigenvalue weighted by molar-refractivity contribution is 5.75. The van der Waals surface area contributed by atoms with Crippen LogP contribution in [0.15, 0.2) is 22.8 Å². The van der Waals surface area contributed by atoms with Gasteiger partial charge in [-0.2, -0.15) is 0 Å².